The Balaban J connectivity index is 1.41. The van der Waals surface area contributed by atoms with Crippen LogP contribution in [-0.2, 0) is 22.4 Å². The molecular weight excluding hydrogens is 449 g/mol. The van der Waals surface area contributed by atoms with Gasteiger partial charge >= 0.3 is 6.18 Å². The first-order chi connectivity index (χ1) is 16.3. The number of nitrogens with zero attached hydrogens (tertiary/aromatic N) is 2. The van der Waals surface area contributed by atoms with Gasteiger partial charge in [-0.2, -0.15) is 18.3 Å². The van der Waals surface area contributed by atoms with Crippen molar-refractivity contribution in [3.63, 3.8) is 0 Å². The van der Waals surface area contributed by atoms with Gasteiger partial charge in [-0.3, -0.25) is 0 Å². The molecule has 0 bridgehead atoms. The third kappa shape index (κ3) is 8.26. The third-order valence-electron chi connectivity index (χ3n) is 5.32. The highest BCUT2D eigenvalue weighted by Gasteiger charge is 2.29. The number of hydrazone groups is 1. The number of alkyl halides is 3. The van der Waals surface area contributed by atoms with Crippen molar-refractivity contribution < 1.29 is 27.5 Å². The summed E-state index contributed by atoms with van der Waals surface area (Å²) in [6, 6.07) is 12.0. The van der Waals surface area contributed by atoms with E-state index in [-0.39, 0.29) is 13.2 Å². The van der Waals surface area contributed by atoms with E-state index >= 15 is 0 Å². The fraction of sp³-hybridized carbons (Fsp3) is 0.417. The molecule has 3 N–H and O–H groups in total. The number of rotatable bonds is 10. The minimum absolute atomic E-state index is 0.0673. The number of amidine groups is 1. The van der Waals surface area contributed by atoms with Crippen LogP contribution in [0.15, 0.2) is 58.8 Å². The molecule has 0 unspecified atom stereocenters. The van der Waals surface area contributed by atoms with Crippen LogP contribution in [0.4, 0.5) is 13.2 Å². The Bertz CT molecular complexity index is 955. The normalized spacial score (nSPS) is 15.8. The molecule has 7 nitrogen and oxygen atoms in total. The highest BCUT2D eigenvalue weighted by Crippen LogP contribution is 2.29. The molecule has 0 aromatic heterocycles. The lowest BCUT2D eigenvalue weighted by Crippen LogP contribution is -2.29. The molecule has 1 fully saturated rings. The van der Waals surface area contributed by atoms with Crippen LogP contribution in [0.1, 0.15) is 36.5 Å². The molecule has 1 aliphatic heterocycles. The predicted octanol–water partition coefficient (Wildman–Crippen LogP) is 4.31. The van der Waals surface area contributed by atoms with E-state index in [1.165, 1.54) is 12.1 Å². The Kier molecular flexibility index (Phi) is 9.15. The summed E-state index contributed by atoms with van der Waals surface area (Å²) in [5, 5.41) is 8.18. The number of benzene rings is 2. The molecule has 10 heteroatoms. The number of halogens is 3. The van der Waals surface area contributed by atoms with E-state index in [0.717, 1.165) is 50.3 Å². The first-order valence-electron chi connectivity index (χ1n) is 11.0. The van der Waals surface area contributed by atoms with Crippen LogP contribution in [0.5, 0.6) is 5.75 Å². The van der Waals surface area contributed by atoms with Gasteiger partial charge in [0.2, 0.25) is 0 Å². The van der Waals surface area contributed by atoms with Crippen LogP contribution >= 0.6 is 0 Å². The molecule has 2 aromatic carbocycles. The van der Waals surface area contributed by atoms with Gasteiger partial charge in [0.25, 0.3) is 0 Å². The van der Waals surface area contributed by atoms with Crippen LogP contribution < -0.4 is 15.9 Å². The van der Waals surface area contributed by atoms with E-state index in [1.807, 2.05) is 12.1 Å². The second-order valence-corrected chi connectivity index (χ2v) is 7.98. The number of hydrogen-bond donors (Lipinski definition) is 2. The van der Waals surface area contributed by atoms with E-state index in [9.17, 15) is 13.2 Å². The minimum Gasteiger partial charge on any atom is -0.486 e. The molecule has 184 valence electrons. The lowest BCUT2D eigenvalue weighted by molar-refractivity contribution is -0.137. The summed E-state index contributed by atoms with van der Waals surface area (Å²) in [6.07, 6.45) is -2.31. The summed E-state index contributed by atoms with van der Waals surface area (Å²) in [6.45, 7) is 4.34. The largest absolute Gasteiger partial charge is 0.486 e. The highest BCUT2D eigenvalue weighted by atomic mass is 19.4. The fourth-order valence-corrected chi connectivity index (χ4v) is 3.26. The Hall–Kier alpha value is -3.27. The Morgan fingerprint density at radius 2 is 1.76 bits per heavy atom. The van der Waals surface area contributed by atoms with E-state index < -0.39 is 11.7 Å². The Morgan fingerprint density at radius 3 is 2.41 bits per heavy atom. The zero-order chi connectivity index (χ0) is 24.4. The van der Waals surface area contributed by atoms with Gasteiger partial charge in [-0.05, 0) is 73.2 Å². The van der Waals surface area contributed by atoms with Crippen LogP contribution in [0.2, 0.25) is 0 Å². The zero-order valence-electron chi connectivity index (χ0n) is 19.0. The average Bonchev–Trinajstić information content (AvgIpc) is 2.83. The quantitative estimate of drug-likeness (QED) is 0.302. The SMILES string of the molecule is C/C(=N\OCc1ccc(C(F)(F)F)cc1)c1ccc(OC/C(N)=N/NCC2CCOCC2)cc1. The summed E-state index contributed by atoms with van der Waals surface area (Å²) in [4.78, 5) is 5.28. The van der Waals surface area contributed by atoms with Crippen molar-refractivity contribution in [1.29, 1.82) is 0 Å². The van der Waals surface area contributed by atoms with E-state index in [2.05, 4.69) is 15.7 Å². The number of oxime groups is 1. The molecule has 0 aliphatic carbocycles. The second-order valence-electron chi connectivity index (χ2n) is 7.98. The number of nitrogens with one attached hydrogen (secondary N) is 1. The molecule has 1 saturated heterocycles. The molecule has 2 aromatic rings. The Labute approximate surface area is 196 Å². The van der Waals surface area contributed by atoms with Gasteiger partial charge in [-0.1, -0.05) is 17.3 Å². The Morgan fingerprint density at radius 1 is 1.09 bits per heavy atom. The fourth-order valence-electron chi connectivity index (χ4n) is 3.26. The standard InChI is InChI=1S/C24H29F3N4O3/c1-17(31-34-15-19-2-6-21(7-3-19)24(25,26)27)20-4-8-22(9-5-20)33-16-23(28)30-29-14-18-10-12-32-13-11-18/h2-9,18,29H,10-16H2,1H3,(H2,28,30)/b31-17+. The van der Waals surface area contributed by atoms with Gasteiger partial charge < -0.3 is 25.5 Å². The average molecular weight is 479 g/mol. The molecule has 0 spiro atoms. The number of hydrogen-bond acceptors (Lipinski definition) is 6. The molecule has 1 aliphatic rings. The van der Waals surface area contributed by atoms with Crippen LogP contribution in [0, 0.1) is 5.92 Å². The molecular formula is C24H29F3N4O3. The van der Waals surface area contributed by atoms with Gasteiger partial charge in [0.1, 0.15) is 19.0 Å². The van der Waals surface area contributed by atoms with Crippen LogP contribution in [0.25, 0.3) is 0 Å². The number of nitrogens with two attached hydrogens (primary N) is 1. The van der Waals surface area contributed by atoms with E-state index in [0.29, 0.717) is 28.8 Å². The lowest BCUT2D eigenvalue weighted by Gasteiger charge is -2.21. The van der Waals surface area contributed by atoms with E-state index in [1.54, 1.807) is 19.1 Å². The molecule has 0 amide bonds. The lowest BCUT2D eigenvalue weighted by atomic mass is 10.0. The van der Waals surface area contributed by atoms with Gasteiger partial charge in [-0.25, -0.2) is 0 Å². The van der Waals surface area contributed by atoms with Crippen LogP contribution in [0.3, 0.4) is 0 Å². The van der Waals surface area contributed by atoms with Gasteiger partial charge in [0.05, 0.1) is 11.3 Å². The van der Waals surface area contributed by atoms with Crippen molar-refractivity contribution in [3.05, 3.63) is 65.2 Å². The molecule has 0 saturated carbocycles. The van der Waals surface area contributed by atoms with Crippen molar-refractivity contribution in [2.45, 2.75) is 32.5 Å². The molecule has 1 heterocycles. The summed E-state index contributed by atoms with van der Waals surface area (Å²) in [5.74, 6) is 1.53. The van der Waals surface area contributed by atoms with E-state index in [4.69, 9.17) is 20.0 Å². The van der Waals surface area contributed by atoms with Crippen LogP contribution in [-0.4, -0.2) is 37.9 Å². The maximum absolute atomic E-state index is 12.6. The maximum Gasteiger partial charge on any atom is 0.416 e. The van der Waals surface area contributed by atoms with Crippen molar-refractivity contribution in [2.75, 3.05) is 26.4 Å². The second kappa shape index (κ2) is 12.3. The molecule has 34 heavy (non-hydrogen) atoms. The van der Waals surface area contributed by atoms with Crippen molar-refractivity contribution in [2.24, 2.45) is 21.9 Å². The zero-order valence-corrected chi connectivity index (χ0v) is 19.0. The van der Waals surface area contributed by atoms with Crippen molar-refractivity contribution in [1.82, 2.24) is 5.43 Å². The topological polar surface area (TPSA) is 90.5 Å². The van der Waals surface area contributed by atoms with Crippen molar-refractivity contribution >= 4 is 11.5 Å². The minimum atomic E-state index is -4.36. The maximum atomic E-state index is 12.6. The summed E-state index contributed by atoms with van der Waals surface area (Å²) in [7, 11) is 0. The molecule has 3 rings (SSSR count). The molecule has 0 atom stereocenters. The van der Waals surface area contributed by atoms with Crippen molar-refractivity contribution in [3.8, 4) is 5.75 Å². The monoisotopic (exact) mass is 478 g/mol. The number of ether oxygens (including phenoxy) is 2. The third-order valence-corrected chi connectivity index (χ3v) is 5.32. The smallest absolute Gasteiger partial charge is 0.416 e. The predicted molar refractivity (Wildman–Crippen MR) is 124 cm³/mol. The summed E-state index contributed by atoms with van der Waals surface area (Å²) >= 11 is 0. The molecule has 0 radical (unpaired) electrons. The van der Waals surface area contributed by atoms with Gasteiger partial charge in [0.15, 0.2) is 5.84 Å². The summed E-state index contributed by atoms with van der Waals surface area (Å²) in [5.41, 5.74) is 10.2. The first-order valence-corrected chi connectivity index (χ1v) is 11.0. The first kappa shape index (κ1) is 25.4. The summed E-state index contributed by atoms with van der Waals surface area (Å²) < 4.78 is 48.8. The highest BCUT2D eigenvalue weighted by molar-refractivity contribution is 5.98. The van der Waals surface area contributed by atoms with Gasteiger partial charge in [0, 0.05) is 19.8 Å². The van der Waals surface area contributed by atoms with Gasteiger partial charge in [-0.15, -0.1) is 0 Å².